The van der Waals surface area contributed by atoms with Crippen molar-refractivity contribution in [2.75, 3.05) is 20.3 Å². The van der Waals surface area contributed by atoms with E-state index in [0.29, 0.717) is 6.04 Å². The number of fused-ring (bicyclic) bond motifs is 1. The summed E-state index contributed by atoms with van der Waals surface area (Å²) >= 11 is 0. The molecule has 0 radical (unpaired) electrons. The number of rotatable bonds is 7. The van der Waals surface area contributed by atoms with Crippen molar-refractivity contribution >= 4 is 0 Å². The minimum absolute atomic E-state index is 0.406. The lowest BCUT2D eigenvalue weighted by molar-refractivity contribution is 0.297. The molecule has 0 aliphatic carbocycles. The Bertz CT molecular complexity index is 406. The summed E-state index contributed by atoms with van der Waals surface area (Å²) in [7, 11) is 2.04. The number of hydrogen-bond acceptors (Lipinski definition) is 3. The second kappa shape index (κ2) is 8.15. The fourth-order valence-electron chi connectivity index (χ4n) is 2.65. The van der Waals surface area contributed by atoms with Crippen molar-refractivity contribution in [1.82, 2.24) is 5.32 Å². The Morgan fingerprint density at radius 2 is 1.90 bits per heavy atom. The topological polar surface area (TPSA) is 30.5 Å². The average molecular weight is 277 g/mol. The molecule has 0 bridgehead atoms. The third-order valence-corrected chi connectivity index (χ3v) is 3.87. The van der Waals surface area contributed by atoms with Crippen LogP contribution in [-0.4, -0.2) is 20.3 Å². The molecule has 0 spiro atoms. The molecule has 0 saturated carbocycles. The third kappa shape index (κ3) is 4.14. The van der Waals surface area contributed by atoms with Crippen molar-refractivity contribution in [3.8, 4) is 11.5 Å². The van der Waals surface area contributed by atoms with Crippen LogP contribution in [0.4, 0.5) is 0 Å². The predicted octanol–water partition coefficient (Wildman–Crippen LogP) is 4.08. The quantitative estimate of drug-likeness (QED) is 0.762. The summed E-state index contributed by atoms with van der Waals surface area (Å²) in [6.45, 7) is 3.75. The van der Waals surface area contributed by atoms with Crippen LogP contribution in [0.3, 0.4) is 0 Å². The Balaban J connectivity index is 2.00. The van der Waals surface area contributed by atoms with Gasteiger partial charge in [-0.25, -0.2) is 0 Å². The molecule has 2 rings (SSSR count). The van der Waals surface area contributed by atoms with E-state index in [4.69, 9.17) is 9.47 Å². The minimum atomic E-state index is 0.406. The third-order valence-electron chi connectivity index (χ3n) is 3.87. The summed E-state index contributed by atoms with van der Waals surface area (Å²) in [5, 5.41) is 3.42. The molecule has 1 aromatic rings. The molecule has 112 valence electrons. The Labute approximate surface area is 122 Å². The van der Waals surface area contributed by atoms with Crippen LogP contribution in [0, 0.1) is 0 Å². The maximum atomic E-state index is 5.77. The molecule has 1 aliphatic rings. The van der Waals surface area contributed by atoms with Gasteiger partial charge in [0.25, 0.3) is 0 Å². The van der Waals surface area contributed by atoms with Gasteiger partial charge in [-0.15, -0.1) is 0 Å². The van der Waals surface area contributed by atoms with Crippen LogP contribution in [0.5, 0.6) is 11.5 Å². The first-order valence-electron chi connectivity index (χ1n) is 7.92. The van der Waals surface area contributed by atoms with E-state index in [2.05, 4.69) is 24.4 Å². The number of hydrogen-bond donors (Lipinski definition) is 1. The van der Waals surface area contributed by atoms with Gasteiger partial charge in [0, 0.05) is 12.5 Å². The number of benzene rings is 1. The highest BCUT2D eigenvalue weighted by Crippen LogP contribution is 2.33. The smallest absolute Gasteiger partial charge is 0.161 e. The van der Waals surface area contributed by atoms with Gasteiger partial charge in [0.1, 0.15) is 0 Å². The van der Waals surface area contributed by atoms with E-state index in [1.165, 1.54) is 37.7 Å². The second-order valence-electron chi connectivity index (χ2n) is 5.45. The molecule has 3 nitrogen and oxygen atoms in total. The van der Waals surface area contributed by atoms with Crippen LogP contribution in [-0.2, 0) is 0 Å². The highest BCUT2D eigenvalue weighted by atomic mass is 16.5. The van der Waals surface area contributed by atoms with E-state index >= 15 is 0 Å². The zero-order chi connectivity index (χ0) is 14.2. The Morgan fingerprint density at radius 3 is 2.65 bits per heavy atom. The van der Waals surface area contributed by atoms with E-state index in [9.17, 15) is 0 Å². The van der Waals surface area contributed by atoms with Gasteiger partial charge in [0.2, 0.25) is 0 Å². The summed E-state index contributed by atoms with van der Waals surface area (Å²) in [5.74, 6) is 1.78. The lowest BCUT2D eigenvalue weighted by Gasteiger charge is -2.18. The van der Waals surface area contributed by atoms with Gasteiger partial charge >= 0.3 is 0 Å². The Kier molecular flexibility index (Phi) is 6.19. The Hall–Kier alpha value is -1.22. The van der Waals surface area contributed by atoms with Crippen molar-refractivity contribution in [3.63, 3.8) is 0 Å². The molecule has 1 unspecified atom stereocenters. The molecular formula is C17H27NO2. The van der Waals surface area contributed by atoms with Gasteiger partial charge < -0.3 is 14.8 Å². The van der Waals surface area contributed by atoms with Crippen LogP contribution in [0.1, 0.15) is 57.1 Å². The van der Waals surface area contributed by atoms with Crippen LogP contribution in [0.25, 0.3) is 0 Å². The van der Waals surface area contributed by atoms with Crippen molar-refractivity contribution in [2.45, 2.75) is 51.5 Å². The lowest BCUT2D eigenvalue weighted by atomic mass is 9.99. The van der Waals surface area contributed by atoms with E-state index in [0.717, 1.165) is 31.1 Å². The zero-order valence-electron chi connectivity index (χ0n) is 12.8. The Morgan fingerprint density at radius 1 is 1.10 bits per heavy atom. The average Bonchev–Trinajstić information content (AvgIpc) is 2.72. The number of unbranched alkanes of at least 4 members (excludes halogenated alkanes) is 3. The van der Waals surface area contributed by atoms with Crippen molar-refractivity contribution in [3.05, 3.63) is 23.8 Å². The van der Waals surface area contributed by atoms with Crippen LogP contribution < -0.4 is 14.8 Å². The molecule has 0 fully saturated rings. The summed E-state index contributed by atoms with van der Waals surface area (Å²) < 4.78 is 11.5. The maximum Gasteiger partial charge on any atom is 0.161 e. The first-order valence-corrected chi connectivity index (χ1v) is 7.92. The van der Waals surface area contributed by atoms with Gasteiger partial charge in [0.15, 0.2) is 11.5 Å². The number of nitrogens with one attached hydrogen (secondary N) is 1. The standard InChI is InChI=1S/C17H27NO2/c1-3-4-5-6-8-15(18-2)14-9-10-16-17(13-14)20-12-7-11-19-16/h9-10,13,15,18H,3-8,11-12H2,1-2H3. The molecule has 20 heavy (non-hydrogen) atoms. The lowest BCUT2D eigenvalue weighted by Crippen LogP contribution is -2.16. The molecule has 1 N–H and O–H groups in total. The summed E-state index contributed by atoms with van der Waals surface area (Å²) in [4.78, 5) is 0. The van der Waals surface area contributed by atoms with Gasteiger partial charge in [-0.05, 0) is 31.2 Å². The van der Waals surface area contributed by atoms with Crippen LogP contribution >= 0.6 is 0 Å². The van der Waals surface area contributed by atoms with Gasteiger partial charge in [-0.2, -0.15) is 0 Å². The van der Waals surface area contributed by atoms with E-state index in [1.807, 2.05) is 13.1 Å². The molecule has 1 aromatic carbocycles. The highest BCUT2D eigenvalue weighted by molar-refractivity contribution is 5.44. The van der Waals surface area contributed by atoms with Crippen molar-refractivity contribution in [2.24, 2.45) is 0 Å². The summed E-state index contributed by atoms with van der Waals surface area (Å²) in [5.41, 5.74) is 1.30. The number of ether oxygens (including phenoxy) is 2. The van der Waals surface area contributed by atoms with Gasteiger partial charge in [0.05, 0.1) is 13.2 Å². The molecule has 0 aromatic heterocycles. The SMILES string of the molecule is CCCCCCC(NC)c1ccc2c(c1)OCCCO2. The van der Waals surface area contributed by atoms with Crippen LogP contribution in [0.2, 0.25) is 0 Å². The zero-order valence-corrected chi connectivity index (χ0v) is 12.8. The van der Waals surface area contributed by atoms with E-state index in [1.54, 1.807) is 0 Å². The van der Waals surface area contributed by atoms with Gasteiger partial charge in [-0.1, -0.05) is 38.7 Å². The first-order chi connectivity index (χ1) is 9.85. The molecule has 0 amide bonds. The van der Waals surface area contributed by atoms with Crippen molar-refractivity contribution in [1.29, 1.82) is 0 Å². The van der Waals surface area contributed by atoms with Crippen molar-refractivity contribution < 1.29 is 9.47 Å². The minimum Gasteiger partial charge on any atom is -0.490 e. The molecular weight excluding hydrogens is 250 g/mol. The second-order valence-corrected chi connectivity index (χ2v) is 5.45. The van der Waals surface area contributed by atoms with Crippen LogP contribution in [0.15, 0.2) is 18.2 Å². The molecule has 1 aliphatic heterocycles. The van der Waals surface area contributed by atoms with Gasteiger partial charge in [-0.3, -0.25) is 0 Å². The fraction of sp³-hybridized carbons (Fsp3) is 0.647. The normalized spacial score (nSPS) is 15.7. The molecule has 3 heteroatoms. The largest absolute Gasteiger partial charge is 0.490 e. The molecule has 1 atom stereocenters. The molecule has 1 heterocycles. The molecule has 0 saturated heterocycles. The van der Waals surface area contributed by atoms with E-state index < -0.39 is 0 Å². The fourth-order valence-corrected chi connectivity index (χ4v) is 2.65. The summed E-state index contributed by atoms with van der Waals surface area (Å²) in [6, 6.07) is 6.76. The predicted molar refractivity (Wildman–Crippen MR) is 82.6 cm³/mol. The monoisotopic (exact) mass is 277 g/mol. The summed E-state index contributed by atoms with van der Waals surface area (Å²) in [6.07, 6.45) is 7.34. The first kappa shape index (κ1) is 15.2. The maximum absolute atomic E-state index is 5.77. The van der Waals surface area contributed by atoms with E-state index in [-0.39, 0.29) is 0 Å². The highest BCUT2D eigenvalue weighted by Gasteiger charge is 2.15.